The van der Waals surface area contributed by atoms with Gasteiger partial charge in [0.15, 0.2) is 0 Å². The topological polar surface area (TPSA) is 26.0 Å². The second kappa shape index (κ2) is 3.67. The molecule has 0 aliphatic heterocycles. The van der Waals surface area contributed by atoms with Crippen LogP contribution < -0.4 is 5.73 Å². The zero-order chi connectivity index (χ0) is 12.1. The summed E-state index contributed by atoms with van der Waals surface area (Å²) < 4.78 is 27.9. The molecule has 1 aromatic carbocycles. The highest BCUT2D eigenvalue weighted by atomic mass is 35.5. The highest BCUT2D eigenvalue weighted by Gasteiger charge is 2.51. The number of halogens is 3. The first-order valence-electron chi connectivity index (χ1n) is 5.30. The van der Waals surface area contributed by atoms with Gasteiger partial charge in [-0.3, -0.25) is 0 Å². The van der Waals surface area contributed by atoms with E-state index in [0.717, 1.165) is 12.8 Å². The first-order chi connectivity index (χ1) is 7.40. The van der Waals surface area contributed by atoms with Crippen molar-refractivity contribution in [2.45, 2.75) is 38.1 Å². The number of rotatable bonds is 2. The summed E-state index contributed by atoms with van der Waals surface area (Å²) in [5, 5.41) is -0.0270. The van der Waals surface area contributed by atoms with Crippen LogP contribution in [0.5, 0.6) is 0 Å². The Morgan fingerprint density at radius 3 is 2.38 bits per heavy atom. The van der Waals surface area contributed by atoms with Crippen molar-refractivity contribution in [1.82, 2.24) is 0 Å². The van der Waals surface area contributed by atoms with Gasteiger partial charge in [-0.05, 0) is 38.3 Å². The van der Waals surface area contributed by atoms with Crippen molar-refractivity contribution >= 4 is 11.6 Å². The van der Waals surface area contributed by atoms with Crippen molar-refractivity contribution in [3.8, 4) is 0 Å². The standard InChI is InChI=1S/C12H14ClF2N/c1-6-5-8(13)11(15)9(10(6)14)12(3-4-12)7(2)16/h5,7H,3-4,16H2,1-2H3. The van der Waals surface area contributed by atoms with Gasteiger partial charge in [-0.2, -0.15) is 0 Å². The molecule has 0 radical (unpaired) electrons. The molecule has 1 saturated carbocycles. The van der Waals surface area contributed by atoms with Gasteiger partial charge in [0.25, 0.3) is 0 Å². The molecule has 2 rings (SSSR count). The highest BCUT2D eigenvalue weighted by Crippen LogP contribution is 2.53. The van der Waals surface area contributed by atoms with E-state index in [-0.39, 0.29) is 16.6 Å². The molecule has 16 heavy (non-hydrogen) atoms. The van der Waals surface area contributed by atoms with E-state index in [9.17, 15) is 8.78 Å². The van der Waals surface area contributed by atoms with Crippen LogP contribution in [0.2, 0.25) is 5.02 Å². The molecule has 0 bridgehead atoms. The van der Waals surface area contributed by atoms with Crippen LogP contribution >= 0.6 is 11.6 Å². The number of nitrogens with two attached hydrogens (primary N) is 1. The second-order valence-corrected chi connectivity index (χ2v) is 5.03. The number of aryl methyl sites for hydroxylation is 1. The third-order valence-corrected chi connectivity index (χ3v) is 3.77. The van der Waals surface area contributed by atoms with E-state index < -0.39 is 17.0 Å². The van der Waals surface area contributed by atoms with E-state index in [1.54, 1.807) is 13.8 Å². The van der Waals surface area contributed by atoms with E-state index >= 15 is 0 Å². The van der Waals surface area contributed by atoms with Crippen LogP contribution in [0.25, 0.3) is 0 Å². The maximum atomic E-state index is 14.0. The lowest BCUT2D eigenvalue weighted by Gasteiger charge is -2.22. The third-order valence-electron chi connectivity index (χ3n) is 3.50. The van der Waals surface area contributed by atoms with E-state index in [0.29, 0.717) is 5.56 Å². The van der Waals surface area contributed by atoms with Gasteiger partial charge in [0.2, 0.25) is 0 Å². The molecule has 0 heterocycles. The lowest BCUT2D eigenvalue weighted by molar-refractivity contribution is 0.470. The monoisotopic (exact) mass is 245 g/mol. The van der Waals surface area contributed by atoms with Crippen molar-refractivity contribution < 1.29 is 8.78 Å². The van der Waals surface area contributed by atoms with Crippen LogP contribution in [-0.2, 0) is 5.41 Å². The van der Waals surface area contributed by atoms with Crippen LogP contribution in [0.1, 0.15) is 30.9 Å². The Labute approximate surface area is 98.6 Å². The summed E-state index contributed by atoms with van der Waals surface area (Å²) in [5.41, 5.74) is 5.72. The van der Waals surface area contributed by atoms with Gasteiger partial charge in [-0.25, -0.2) is 8.78 Å². The number of benzene rings is 1. The van der Waals surface area contributed by atoms with Crippen molar-refractivity contribution in [1.29, 1.82) is 0 Å². The van der Waals surface area contributed by atoms with Crippen LogP contribution in [0.15, 0.2) is 6.07 Å². The molecule has 1 nitrogen and oxygen atoms in total. The van der Waals surface area contributed by atoms with E-state index in [4.69, 9.17) is 17.3 Å². The fraction of sp³-hybridized carbons (Fsp3) is 0.500. The average molecular weight is 246 g/mol. The summed E-state index contributed by atoms with van der Waals surface area (Å²) in [6.45, 7) is 3.36. The maximum absolute atomic E-state index is 14.0. The lowest BCUT2D eigenvalue weighted by Crippen LogP contribution is -2.33. The predicted molar refractivity (Wildman–Crippen MR) is 60.7 cm³/mol. The van der Waals surface area contributed by atoms with Crippen LogP contribution in [-0.4, -0.2) is 6.04 Å². The molecule has 0 amide bonds. The van der Waals surface area contributed by atoms with E-state index in [2.05, 4.69) is 0 Å². The lowest BCUT2D eigenvalue weighted by atomic mass is 9.87. The quantitative estimate of drug-likeness (QED) is 0.795. The molecule has 0 aromatic heterocycles. The largest absolute Gasteiger partial charge is 0.327 e. The van der Waals surface area contributed by atoms with Crippen molar-refractivity contribution in [2.75, 3.05) is 0 Å². The number of hydrogen-bond acceptors (Lipinski definition) is 1. The van der Waals surface area contributed by atoms with E-state index in [1.165, 1.54) is 6.07 Å². The first kappa shape index (κ1) is 11.8. The molecule has 0 spiro atoms. The van der Waals surface area contributed by atoms with Gasteiger partial charge in [0.1, 0.15) is 11.6 Å². The third kappa shape index (κ3) is 1.54. The average Bonchev–Trinajstić information content (AvgIpc) is 2.97. The second-order valence-electron chi connectivity index (χ2n) is 4.62. The molecular formula is C12H14ClF2N. The molecule has 88 valence electrons. The fourth-order valence-electron chi connectivity index (χ4n) is 2.23. The van der Waals surface area contributed by atoms with Crippen molar-refractivity contribution in [2.24, 2.45) is 5.73 Å². The maximum Gasteiger partial charge on any atom is 0.148 e. The van der Waals surface area contributed by atoms with Gasteiger partial charge in [-0.1, -0.05) is 11.6 Å². The summed E-state index contributed by atoms with van der Waals surface area (Å²) >= 11 is 5.75. The zero-order valence-corrected chi connectivity index (χ0v) is 10.0. The van der Waals surface area contributed by atoms with Gasteiger partial charge >= 0.3 is 0 Å². The van der Waals surface area contributed by atoms with Gasteiger partial charge < -0.3 is 5.73 Å². The minimum Gasteiger partial charge on any atom is -0.327 e. The molecule has 1 atom stereocenters. The smallest absolute Gasteiger partial charge is 0.148 e. The van der Waals surface area contributed by atoms with Gasteiger partial charge in [-0.15, -0.1) is 0 Å². The molecule has 1 aliphatic carbocycles. The molecule has 1 unspecified atom stereocenters. The van der Waals surface area contributed by atoms with Crippen molar-refractivity contribution in [3.63, 3.8) is 0 Å². The Bertz CT molecular complexity index is 413. The molecule has 1 aliphatic rings. The van der Waals surface area contributed by atoms with Crippen LogP contribution in [0.3, 0.4) is 0 Å². The van der Waals surface area contributed by atoms with Gasteiger partial charge in [0, 0.05) is 17.0 Å². The summed E-state index contributed by atoms with van der Waals surface area (Å²) in [6.07, 6.45) is 1.44. The summed E-state index contributed by atoms with van der Waals surface area (Å²) in [5.74, 6) is -1.16. The highest BCUT2D eigenvalue weighted by molar-refractivity contribution is 6.30. The van der Waals surface area contributed by atoms with Crippen LogP contribution in [0, 0.1) is 18.6 Å². The molecule has 1 fully saturated rings. The number of hydrogen-bond donors (Lipinski definition) is 1. The molecule has 4 heteroatoms. The van der Waals surface area contributed by atoms with E-state index in [1.807, 2.05) is 0 Å². The summed E-state index contributed by atoms with van der Waals surface area (Å²) in [4.78, 5) is 0. The Kier molecular flexibility index (Phi) is 2.71. The molecule has 0 saturated heterocycles. The van der Waals surface area contributed by atoms with Crippen molar-refractivity contribution in [3.05, 3.63) is 33.9 Å². The Morgan fingerprint density at radius 2 is 1.94 bits per heavy atom. The molecular weight excluding hydrogens is 232 g/mol. The SMILES string of the molecule is Cc1cc(Cl)c(F)c(C2(C(C)N)CC2)c1F. The Morgan fingerprint density at radius 1 is 1.38 bits per heavy atom. The minimum atomic E-state index is -0.653. The first-order valence-corrected chi connectivity index (χ1v) is 5.68. The summed E-state index contributed by atoms with van der Waals surface area (Å²) in [6, 6.07) is 1.04. The zero-order valence-electron chi connectivity index (χ0n) is 9.28. The summed E-state index contributed by atoms with van der Waals surface area (Å²) in [7, 11) is 0. The van der Waals surface area contributed by atoms with Gasteiger partial charge in [0.05, 0.1) is 5.02 Å². The van der Waals surface area contributed by atoms with Crippen LogP contribution in [0.4, 0.5) is 8.78 Å². The predicted octanol–water partition coefficient (Wildman–Crippen LogP) is 3.31. The minimum absolute atomic E-state index is 0.0270. The fourth-order valence-corrected chi connectivity index (χ4v) is 2.49. The Hall–Kier alpha value is -0.670. The normalized spacial score (nSPS) is 19.6. The molecule has 1 aromatic rings. The Balaban J connectivity index is 2.65. The molecule has 2 N–H and O–H groups in total.